The molecule has 4 aliphatic rings. The number of halogens is 4. The highest BCUT2D eigenvalue weighted by molar-refractivity contribution is 7.23. The zero-order chi connectivity index (χ0) is 39.3. The number of aliphatic hydroxyl groups excluding tert-OH is 1. The molecule has 2 unspecified atom stereocenters. The molecule has 4 aliphatic heterocycles. The number of likely N-dealkylation sites (tertiary alicyclic amines) is 1. The number of aromatic nitrogens is 5. The molecule has 13 nitrogen and oxygen atoms in total. The Balaban J connectivity index is 1.19. The fourth-order valence-corrected chi connectivity index (χ4v) is 11.0. The molecule has 0 saturated carbocycles. The van der Waals surface area contributed by atoms with Gasteiger partial charge in [0.15, 0.2) is 5.82 Å². The number of carbonyl (C=O) groups excluding carboxylic acids is 1. The predicted molar refractivity (Wildman–Crippen MR) is 204 cm³/mol. The SMILES string of the molecule is CC(C)C1C[C@@]2(CC(CO)N(c3nc(OC[C@@]45CCCN4C[C@H](F)C5)nc4c(F)c(-c5ccc(F)c6sc(N)c(C#N)c56)c(Cl)cc34)C2)N1C(=O)n1cncn1. The largest absolute Gasteiger partial charge is 0.461 e. The molecule has 5 aromatic rings. The van der Waals surface area contributed by atoms with Gasteiger partial charge in [-0.05, 0) is 55.8 Å². The number of nitrogens with zero attached hydrogens (tertiary/aromatic N) is 9. The van der Waals surface area contributed by atoms with Crippen LogP contribution >= 0.6 is 22.9 Å². The van der Waals surface area contributed by atoms with E-state index in [-0.39, 0.29) is 97.3 Å². The van der Waals surface area contributed by atoms with Crippen LogP contribution in [0.3, 0.4) is 0 Å². The lowest BCUT2D eigenvalue weighted by molar-refractivity contribution is -0.0434. The first-order chi connectivity index (χ1) is 26.9. The normalized spacial score (nSPS) is 26.2. The van der Waals surface area contributed by atoms with Crippen molar-refractivity contribution in [1.29, 1.82) is 5.26 Å². The molecule has 7 heterocycles. The average Bonchev–Trinajstić information content (AvgIpc) is 3.99. The number of amides is 1. The molecule has 3 aromatic heterocycles. The number of nitrogen functional groups attached to an aromatic ring is 1. The second-order valence-corrected chi connectivity index (χ2v) is 17.2. The third kappa shape index (κ3) is 5.51. The number of fused-ring (bicyclic) bond motifs is 3. The predicted octanol–water partition coefficient (Wildman–Crippen LogP) is 6.15. The minimum atomic E-state index is -1.00. The van der Waals surface area contributed by atoms with Crippen LogP contribution in [0.4, 0.5) is 28.8 Å². The number of aliphatic hydroxyl groups is 1. The summed E-state index contributed by atoms with van der Waals surface area (Å²) in [6.45, 7) is 5.12. The summed E-state index contributed by atoms with van der Waals surface area (Å²) in [5.41, 5.74) is 4.69. The van der Waals surface area contributed by atoms with Gasteiger partial charge >= 0.3 is 12.0 Å². The summed E-state index contributed by atoms with van der Waals surface area (Å²) in [5, 5.41) is 25.3. The Kier molecular flexibility index (Phi) is 8.84. The summed E-state index contributed by atoms with van der Waals surface area (Å²) in [4.78, 5) is 33.1. The molecule has 2 aromatic carbocycles. The number of anilines is 2. The van der Waals surface area contributed by atoms with Crippen molar-refractivity contribution in [2.24, 2.45) is 5.92 Å². The van der Waals surface area contributed by atoms with Crippen LogP contribution in [0.1, 0.15) is 51.5 Å². The molecule has 1 amide bonds. The van der Waals surface area contributed by atoms with Crippen LogP contribution in [0, 0.1) is 28.9 Å². The summed E-state index contributed by atoms with van der Waals surface area (Å²) < 4.78 is 54.8. The van der Waals surface area contributed by atoms with E-state index in [4.69, 9.17) is 27.1 Å². The number of rotatable bonds is 7. The molecule has 292 valence electrons. The topological polar surface area (TPSA) is 163 Å². The van der Waals surface area contributed by atoms with Gasteiger partial charge in [-0.15, -0.1) is 11.3 Å². The Morgan fingerprint density at radius 1 is 1.25 bits per heavy atom. The van der Waals surface area contributed by atoms with Crippen molar-refractivity contribution in [3.63, 3.8) is 0 Å². The van der Waals surface area contributed by atoms with E-state index in [0.717, 1.165) is 30.7 Å². The quantitative estimate of drug-likeness (QED) is 0.194. The van der Waals surface area contributed by atoms with E-state index in [1.54, 1.807) is 0 Å². The first kappa shape index (κ1) is 36.9. The second kappa shape index (κ2) is 13.4. The highest BCUT2D eigenvalue weighted by Gasteiger charge is 2.61. The van der Waals surface area contributed by atoms with Crippen molar-refractivity contribution in [3.05, 3.63) is 53.1 Å². The molecule has 3 N–H and O–H groups in total. The van der Waals surface area contributed by atoms with Crippen LogP contribution < -0.4 is 15.4 Å². The lowest BCUT2D eigenvalue weighted by atomic mass is 9.73. The third-order valence-corrected chi connectivity index (χ3v) is 13.6. The number of thiophene rings is 1. The number of hydrogen-bond donors (Lipinski definition) is 2. The Hall–Kier alpha value is -4.76. The summed E-state index contributed by atoms with van der Waals surface area (Å²) >= 11 is 7.84. The minimum Gasteiger partial charge on any atom is -0.461 e. The first-order valence-corrected chi connectivity index (χ1v) is 19.8. The summed E-state index contributed by atoms with van der Waals surface area (Å²) in [6, 6.07) is 4.89. The number of nitriles is 1. The highest BCUT2D eigenvalue weighted by atomic mass is 35.5. The Morgan fingerprint density at radius 3 is 2.80 bits per heavy atom. The Bertz CT molecular complexity index is 2450. The van der Waals surface area contributed by atoms with Gasteiger partial charge in [0, 0.05) is 41.9 Å². The Morgan fingerprint density at radius 2 is 2.07 bits per heavy atom. The molecule has 0 radical (unpaired) electrons. The van der Waals surface area contributed by atoms with Gasteiger partial charge in [0.05, 0.1) is 39.0 Å². The van der Waals surface area contributed by atoms with Gasteiger partial charge < -0.3 is 25.4 Å². The maximum atomic E-state index is 17.4. The number of hydrogen-bond acceptors (Lipinski definition) is 12. The number of carbonyl (C=O) groups is 1. The van der Waals surface area contributed by atoms with Crippen molar-refractivity contribution < 1.29 is 27.8 Å². The average molecular weight is 807 g/mol. The maximum Gasteiger partial charge on any atom is 0.346 e. The van der Waals surface area contributed by atoms with Crippen LogP contribution in [0.25, 0.3) is 32.1 Å². The first-order valence-electron chi connectivity index (χ1n) is 18.6. The van der Waals surface area contributed by atoms with E-state index in [0.29, 0.717) is 25.8 Å². The summed E-state index contributed by atoms with van der Waals surface area (Å²) in [6.07, 6.45) is 4.56. The molecule has 18 heteroatoms. The monoisotopic (exact) mass is 806 g/mol. The van der Waals surface area contributed by atoms with Crippen LogP contribution in [0.15, 0.2) is 30.9 Å². The second-order valence-electron chi connectivity index (χ2n) is 15.8. The summed E-state index contributed by atoms with van der Waals surface area (Å²) in [7, 11) is 0. The van der Waals surface area contributed by atoms with Gasteiger partial charge in [0.25, 0.3) is 0 Å². The van der Waals surface area contributed by atoms with Crippen molar-refractivity contribution >= 4 is 60.8 Å². The smallest absolute Gasteiger partial charge is 0.346 e. The van der Waals surface area contributed by atoms with Crippen LogP contribution in [-0.2, 0) is 0 Å². The molecule has 4 fully saturated rings. The molecule has 5 atom stereocenters. The third-order valence-electron chi connectivity index (χ3n) is 12.3. The lowest BCUT2D eigenvalue weighted by Gasteiger charge is -2.57. The van der Waals surface area contributed by atoms with E-state index >= 15 is 8.78 Å². The molecule has 1 spiro atoms. The number of ether oxygens (including phenoxy) is 1. The van der Waals surface area contributed by atoms with Crippen molar-refractivity contribution in [3.8, 4) is 23.2 Å². The van der Waals surface area contributed by atoms with Crippen molar-refractivity contribution in [1.82, 2.24) is 34.5 Å². The molecule has 0 bridgehead atoms. The zero-order valence-electron chi connectivity index (χ0n) is 30.6. The Labute approximate surface area is 328 Å². The number of alkyl halides is 1. The molecular weight excluding hydrogens is 769 g/mol. The highest BCUT2D eigenvalue weighted by Crippen LogP contribution is 2.51. The van der Waals surface area contributed by atoms with E-state index in [2.05, 4.69) is 20.0 Å². The summed E-state index contributed by atoms with van der Waals surface area (Å²) in [5.74, 6) is -1.14. The van der Waals surface area contributed by atoms with Gasteiger partial charge in [-0.2, -0.15) is 25.0 Å². The molecule has 9 rings (SSSR count). The van der Waals surface area contributed by atoms with Gasteiger partial charge in [0.2, 0.25) is 0 Å². The molecule has 56 heavy (non-hydrogen) atoms. The van der Waals surface area contributed by atoms with Crippen LogP contribution in [-0.4, -0.2) is 108 Å². The van der Waals surface area contributed by atoms with Gasteiger partial charge in [-0.3, -0.25) is 4.90 Å². The zero-order valence-corrected chi connectivity index (χ0v) is 32.1. The lowest BCUT2D eigenvalue weighted by Crippen LogP contribution is -2.71. The van der Waals surface area contributed by atoms with E-state index in [9.17, 15) is 19.6 Å². The van der Waals surface area contributed by atoms with Gasteiger partial charge in [0.1, 0.15) is 53.7 Å². The molecular formula is C38H38ClF3N10O3S. The van der Waals surface area contributed by atoms with Crippen LogP contribution in [0.5, 0.6) is 6.01 Å². The van der Waals surface area contributed by atoms with Gasteiger partial charge in [-0.1, -0.05) is 31.5 Å². The van der Waals surface area contributed by atoms with E-state index in [1.807, 2.05) is 29.7 Å². The number of benzene rings is 2. The standard InChI is InChI=1S/C38H38ClF3N10O3S/c1-19(2)27-11-38(52(27)36(54)51-18-45-17-46-51)10-21(14-53)50(15-38)34-23-8-25(39)29(22-4-5-26(41)32-28(22)24(12-43)33(44)56-32)30(42)31(23)47-35(48-34)55-16-37-6-3-7-49(37)13-20(40)9-37/h4-5,8,17-21,27,53H,3,6-7,9-11,13-16,44H2,1-2H3/t20-,21?,27?,37+,38-/m1/s1. The van der Waals surface area contributed by atoms with E-state index < -0.39 is 34.9 Å². The van der Waals surface area contributed by atoms with Gasteiger partial charge in [-0.25, -0.2) is 22.9 Å². The molecule has 0 aliphatic carbocycles. The molecule has 4 saturated heterocycles. The fourth-order valence-electron chi connectivity index (χ4n) is 9.75. The number of nitrogens with two attached hydrogens (primary N) is 1. The van der Waals surface area contributed by atoms with Crippen LogP contribution in [0.2, 0.25) is 5.02 Å². The van der Waals surface area contributed by atoms with Crippen molar-refractivity contribution in [2.45, 2.75) is 75.3 Å². The fraction of sp³-hybridized carbons (Fsp3) is 0.474. The maximum absolute atomic E-state index is 17.4. The van der Waals surface area contributed by atoms with E-state index in [1.165, 1.54) is 35.5 Å². The minimum absolute atomic E-state index is 0.00362. The van der Waals surface area contributed by atoms with Crippen molar-refractivity contribution in [2.75, 3.05) is 43.5 Å².